The molecule has 0 aliphatic carbocycles. The number of ether oxygens (including phenoxy) is 1. The summed E-state index contributed by atoms with van der Waals surface area (Å²) in [6.07, 6.45) is 2.01. The van der Waals surface area contributed by atoms with Crippen LogP contribution >= 0.6 is 11.8 Å². The van der Waals surface area contributed by atoms with Crippen molar-refractivity contribution in [1.29, 1.82) is 0 Å². The number of hydrogen-bond acceptors (Lipinski definition) is 5. The predicted octanol–water partition coefficient (Wildman–Crippen LogP) is -0.488. The summed E-state index contributed by atoms with van der Waals surface area (Å²) in [7, 11) is 0. The Morgan fingerprint density at radius 1 is 1.83 bits per heavy atom. The van der Waals surface area contributed by atoms with Crippen molar-refractivity contribution in [3.05, 3.63) is 12.3 Å². The third kappa shape index (κ3) is 2.23. The van der Waals surface area contributed by atoms with Crippen molar-refractivity contribution in [2.24, 2.45) is 0 Å². The zero-order valence-corrected chi connectivity index (χ0v) is 7.16. The summed E-state index contributed by atoms with van der Waals surface area (Å²) in [4.78, 5) is 10.8. The monoisotopic (exact) mass is 190 g/mol. The van der Waals surface area contributed by atoms with Crippen LogP contribution in [-0.2, 0) is 9.53 Å². The molecular formula is C7H10O4S. The predicted molar refractivity (Wildman–Crippen MR) is 44.6 cm³/mol. The highest BCUT2D eigenvalue weighted by atomic mass is 32.2. The van der Waals surface area contributed by atoms with Crippen molar-refractivity contribution in [2.75, 3.05) is 12.4 Å². The van der Waals surface area contributed by atoms with Crippen LogP contribution in [0.4, 0.5) is 0 Å². The fraction of sp³-hybridized carbons (Fsp3) is 0.571. The van der Waals surface area contributed by atoms with Crippen LogP contribution in [0.5, 0.6) is 0 Å². The van der Waals surface area contributed by atoms with Gasteiger partial charge >= 0.3 is 0 Å². The number of carbonyl (C=O) groups excluding carboxylic acids is 1. The van der Waals surface area contributed by atoms with E-state index < -0.39 is 23.9 Å². The highest BCUT2D eigenvalue weighted by Gasteiger charge is 2.27. The Labute approximate surface area is 74.2 Å². The fourth-order valence-corrected chi connectivity index (χ4v) is 1.63. The second-order valence-electron chi connectivity index (χ2n) is 2.28. The van der Waals surface area contributed by atoms with E-state index in [4.69, 9.17) is 9.84 Å². The van der Waals surface area contributed by atoms with Crippen LogP contribution in [0, 0.1) is 0 Å². The Bertz CT molecular complexity index is 192. The van der Waals surface area contributed by atoms with Crippen LogP contribution in [0.15, 0.2) is 12.3 Å². The summed E-state index contributed by atoms with van der Waals surface area (Å²) in [5.74, 6) is 0.100. The van der Waals surface area contributed by atoms with Crippen LogP contribution in [0.1, 0.15) is 0 Å². The summed E-state index contributed by atoms with van der Waals surface area (Å²) < 4.78 is 4.96. The van der Waals surface area contributed by atoms with Gasteiger partial charge in [0.2, 0.25) is 0 Å². The van der Waals surface area contributed by atoms with Gasteiger partial charge in [0.1, 0.15) is 6.61 Å². The van der Waals surface area contributed by atoms with E-state index in [-0.39, 0.29) is 0 Å². The van der Waals surface area contributed by atoms with E-state index in [0.29, 0.717) is 5.75 Å². The Balaban J connectivity index is 2.46. The molecular weight excluding hydrogens is 180 g/mol. The van der Waals surface area contributed by atoms with Crippen LogP contribution in [-0.4, -0.2) is 39.9 Å². The van der Waals surface area contributed by atoms with Gasteiger partial charge < -0.3 is 14.9 Å². The molecule has 0 radical (unpaired) electrons. The first-order valence-corrected chi connectivity index (χ1v) is 4.54. The van der Waals surface area contributed by atoms with Gasteiger partial charge in [0.05, 0.1) is 6.26 Å². The first-order valence-electron chi connectivity index (χ1n) is 3.49. The summed E-state index contributed by atoms with van der Waals surface area (Å²) >= 11 is 1.32. The van der Waals surface area contributed by atoms with Gasteiger partial charge in [-0.05, 0) is 6.08 Å². The third-order valence-corrected chi connectivity index (χ3v) is 2.49. The molecule has 2 atom stereocenters. The highest BCUT2D eigenvalue weighted by Crippen LogP contribution is 2.21. The summed E-state index contributed by atoms with van der Waals surface area (Å²) in [5, 5.41) is 17.7. The molecule has 0 bridgehead atoms. The molecule has 68 valence electrons. The summed E-state index contributed by atoms with van der Waals surface area (Å²) in [6.45, 7) is -0.648. The smallest absolute Gasteiger partial charge is 0.191 e. The van der Waals surface area contributed by atoms with Crippen LogP contribution in [0.2, 0.25) is 0 Å². The minimum atomic E-state index is -1.23. The van der Waals surface area contributed by atoms with Crippen molar-refractivity contribution in [1.82, 2.24) is 0 Å². The molecule has 0 fully saturated rings. The van der Waals surface area contributed by atoms with E-state index in [0.717, 1.165) is 0 Å². The van der Waals surface area contributed by atoms with Crippen LogP contribution in [0.3, 0.4) is 0 Å². The number of Topliss-reactive ketones (excluding diaryl/α,β-unsaturated/α-hetero) is 1. The molecule has 5 heteroatoms. The molecule has 12 heavy (non-hydrogen) atoms. The quantitative estimate of drug-likeness (QED) is 0.628. The highest BCUT2D eigenvalue weighted by molar-refractivity contribution is 8.00. The lowest BCUT2D eigenvalue weighted by Gasteiger charge is -2.22. The van der Waals surface area contributed by atoms with Gasteiger partial charge in [0.15, 0.2) is 17.3 Å². The van der Waals surface area contributed by atoms with Crippen molar-refractivity contribution in [2.45, 2.75) is 11.5 Å². The molecule has 0 saturated carbocycles. The maximum atomic E-state index is 10.8. The average Bonchev–Trinajstić information content (AvgIpc) is 2.17. The van der Waals surface area contributed by atoms with Crippen LogP contribution < -0.4 is 0 Å². The lowest BCUT2D eigenvalue weighted by Crippen LogP contribution is -2.35. The van der Waals surface area contributed by atoms with E-state index in [1.165, 1.54) is 18.0 Å². The number of aliphatic hydroxyl groups is 2. The third-order valence-electron chi connectivity index (χ3n) is 1.41. The Hall–Kier alpha value is -0.520. The molecule has 0 aromatic carbocycles. The fourth-order valence-electron chi connectivity index (χ4n) is 0.773. The molecule has 1 aliphatic heterocycles. The van der Waals surface area contributed by atoms with E-state index in [1.54, 1.807) is 6.08 Å². The lowest BCUT2D eigenvalue weighted by atomic mass is 10.2. The Morgan fingerprint density at radius 3 is 3.08 bits per heavy atom. The molecule has 1 heterocycles. The van der Waals surface area contributed by atoms with Gasteiger partial charge in [-0.1, -0.05) is 0 Å². The summed E-state index contributed by atoms with van der Waals surface area (Å²) in [6, 6.07) is 0. The molecule has 2 N–H and O–H groups in total. The zero-order valence-electron chi connectivity index (χ0n) is 6.34. The van der Waals surface area contributed by atoms with E-state index in [2.05, 4.69) is 0 Å². The van der Waals surface area contributed by atoms with E-state index in [1.807, 2.05) is 0 Å². The minimum absolute atomic E-state index is 0.574. The standard InChI is InChI=1S/C7H10O4S/c8-4-5(9)6(10)7-11-2-1-3-12-7/h1-2,6-8,10H,3-4H2. The van der Waals surface area contributed by atoms with Gasteiger partial charge in [-0.25, -0.2) is 0 Å². The SMILES string of the molecule is O=C(CO)C(O)C1OC=CCS1. The minimum Gasteiger partial charge on any atom is -0.484 e. The number of aliphatic hydroxyl groups excluding tert-OH is 2. The second kappa shape index (κ2) is 4.49. The van der Waals surface area contributed by atoms with Crippen molar-refractivity contribution in [3.63, 3.8) is 0 Å². The maximum absolute atomic E-state index is 10.8. The topological polar surface area (TPSA) is 66.8 Å². The van der Waals surface area contributed by atoms with Gasteiger partial charge in [0.25, 0.3) is 0 Å². The number of ketones is 1. The normalized spacial score (nSPS) is 24.7. The van der Waals surface area contributed by atoms with Gasteiger partial charge in [-0.3, -0.25) is 4.79 Å². The van der Waals surface area contributed by atoms with Gasteiger partial charge in [0, 0.05) is 5.75 Å². The number of hydrogen-bond donors (Lipinski definition) is 2. The molecule has 0 saturated heterocycles. The molecule has 0 aromatic heterocycles. The molecule has 2 unspecified atom stereocenters. The number of carbonyl (C=O) groups is 1. The van der Waals surface area contributed by atoms with Crippen molar-refractivity contribution < 1.29 is 19.7 Å². The van der Waals surface area contributed by atoms with Crippen molar-refractivity contribution in [3.8, 4) is 0 Å². The average molecular weight is 190 g/mol. The first-order chi connectivity index (χ1) is 5.75. The van der Waals surface area contributed by atoms with Gasteiger partial charge in [-0.15, -0.1) is 11.8 Å². The second-order valence-corrected chi connectivity index (χ2v) is 3.41. The number of thioether (sulfide) groups is 1. The van der Waals surface area contributed by atoms with E-state index >= 15 is 0 Å². The largest absolute Gasteiger partial charge is 0.484 e. The van der Waals surface area contributed by atoms with Gasteiger partial charge in [-0.2, -0.15) is 0 Å². The Kier molecular flexibility index (Phi) is 3.58. The van der Waals surface area contributed by atoms with Crippen LogP contribution in [0.25, 0.3) is 0 Å². The molecule has 0 spiro atoms. The number of rotatable bonds is 3. The lowest BCUT2D eigenvalue weighted by molar-refractivity contribution is -0.133. The van der Waals surface area contributed by atoms with Crippen molar-refractivity contribution >= 4 is 17.5 Å². The van der Waals surface area contributed by atoms with E-state index in [9.17, 15) is 9.90 Å². The molecule has 4 nitrogen and oxygen atoms in total. The molecule has 0 amide bonds. The summed E-state index contributed by atoms with van der Waals surface area (Å²) in [5.41, 5.74) is -0.574. The molecule has 1 rings (SSSR count). The molecule has 0 aromatic rings. The first kappa shape index (κ1) is 9.57. The Morgan fingerprint density at radius 2 is 2.58 bits per heavy atom. The zero-order chi connectivity index (χ0) is 8.97. The maximum Gasteiger partial charge on any atom is 0.191 e. The molecule has 1 aliphatic rings.